The first kappa shape index (κ1) is 21.3. The summed E-state index contributed by atoms with van der Waals surface area (Å²) in [6, 6.07) is 5.48. The molecule has 1 aliphatic rings. The number of thioether (sulfide) groups is 1. The third kappa shape index (κ3) is 5.49. The second-order valence-corrected chi connectivity index (χ2v) is 7.35. The lowest BCUT2D eigenvalue weighted by atomic mass is 10.2. The number of amides is 2. The van der Waals surface area contributed by atoms with Crippen molar-refractivity contribution >= 4 is 29.0 Å². The summed E-state index contributed by atoms with van der Waals surface area (Å²) in [5.41, 5.74) is 0.798. The highest BCUT2D eigenvalue weighted by Gasteiger charge is 2.37. The fraction of sp³-hybridized carbons (Fsp3) is 0.500. The molecule has 1 aliphatic heterocycles. The van der Waals surface area contributed by atoms with Crippen LogP contribution in [0, 0.1) is 0 Å². The van der Waals surface area contributed by atoms with Gasteiger partial charge >= 0.3 is 0 Å². The first-order chi connectivity index (χ1) is 13.0. The number of nitrogens with one attached hydrogen (secondary N) is 1. The molecule has 0 saturated carbocycles. The first-order valence-electron chi connectivity index (χ1n) is 9.43. The van der Waals surface area contributed by atoms with Gasteiger partial charge in [0.05, 0.1) is 31.7 Å². The van der Waals surface area contributed by atoms with Gasteiger partial charge in [0, 0.05) is 0 Å². The minimum atomic E-state index is -0.220. The van der Waals surface area contributed by atoms with Crippen LogP contribution in [0.1, 0.15) is 39.2 Å². The van der Waals surface area contributed by atoms with Gasteiger partial charge in [0.25, 0.3) is 11.1 Å². The molecule has 0 radical (unpaired) electrons. The second kappa shape index (κ2) is 10.4. The quantitative estimate of drug-likeness (QED) is 0.620. The third-order valence-electron chi connectivity index (χ3n) is 4.25. The second-order valence-electron chi connectivity index (χ2n) is 6.36. The molecule has 7 heteroatoms. The van der Waals surface area contributed by atoms with Crippen LogP contribution in [0.25, 0.3) is 6.08 Å². The molecule has 0 spiro atoms. The van der Waals surface area contributed by atoms with Gasteiger partial charge in [0.15, 0.2) is 18.2 Å². The fourth-order valence-electron chi connectivity index (χ4n) is 3.05. The Hall–Kier alpha value is -1.99. The van der Waals surface area contributed by atoms with Gasteiger partial charge in [0.1, 0.15) is 0 Å². The molecule has 1 N–H and O–H groups in total. The van der Waals surface area contributed by atoms with Crippen molar-refractivity contribution in [3.63, 3.8) is 0 Å². The molecule has 0 aliphatic carbocycles. The van der Waals surface area contributed by atoms with Crippen LogP contribution < -0.4 is 14.4 Å². The number of imide groups is 1. The summed E-state index contributed by atoms with van der Waals surface area (Å²) in [4.78, 5) is 28.2. The molecule has 148 valence electrons. The summed E-state index contributed by atoms with van der Waals surface area (Å²) < 4.78 is 10.9. The van der Waals surface area contributed by atoms with E-state index in [1.807, 2.05) is 25.1 Å². The van der Waals surface area contributed by atoms with Gasteiger partial charge in [0.2, 0.25) is 0 Å². The van der Waals surface area contributed by atoms with Crippen molar-refractivity contribution in [2.45, 2.75) is 33.6 Å². The molecule has 1 heterocycles. The highest BCUT2D eigenvalue weighted by atomic mass is 32.2. The summed E-state index contributed by atoms with van der Waals surface area (Å²) in [5.74, 6) is 1.04. The standard InChI is InChI=1S/C20H28N2O4S/c1-5-10-21(11-6-2)14-22-19(23)18(27-20(22)24)13-15-8-9-16(26-7-3)17(12-15)25-4/h8-9,12-13H,5-7,10-11,14H2,1-4H3/p+1. The highest BCUT2D eigenvalue weighted by Crippen LogP contribution is 2.34. The highest BCUT2D eigenvalue weighted by molar-refractivity contribution is 8.18. The molecule has 1 saturated heterocycles. The maximum absolute atomic E-state index is 12.7. The van der Waals surface area contributed by atoms with Crippen LogP contribution in [0.15, 0.2) is 23.1 Å². The lowest BCUT2D eigenvalue weighted by molar-refractivity contribution is -0.907. The van der Waals surface area contributed by atoms with Crippen molar-refractivity contribution in [1.29, 1.82) is 0 Å². The molecule has 1 aromatic carbocycles. The number of carbonyl (C=O) groups excluding carboxylic acids is 2. The molecule has 2 amide bonds. The number of rotatable bonds is 10. The molecular formula is C20H29N2O4S+. The van der Waals surface area contributed by atoms with E-state index < -0.39 is 0 Å². The summed E-state index contributed by atoms with van der Waals surface area (Å²) >= 11 is 0.996. The average molecular weight is 394 g/mol. The SMILES string of the molecule is CCC[NH+](CCC)CN1C(=O)SC(=Cc2ccc(OCC)c(OC)c2)C1=O. The van der Waals surface area contributed by atoms with Crippen molar-refractivity contribution in [3.05, 3.63) is 28.7 Å². The molecule has 1 fully saturated rings. The fourth-order valence-corrected chi connectivity index (χ4v) is 3.89. The molecule has 0 aromatic heterocycles. The zero-order chi connectivity index (χ0) is 19.8. The summed E-state index contributed by atoms with van der Waals surface area (Å²) in [7, 11) is 1.58. The summed E-state index contributed by atoms with van der Waals surface area (Å²) in [6.45, 7) is 9.01. The van der Waals surface area contributed by atoms with Gasteiger partial charge in [-0.05, 0) is 55.3 Å². The van der Waals surface area contributed by atoms with E-state index in [9.17, 15) is 9.59 Å². The zero-order valence-electron chi connectivity index (χ0n) is 16.5. The Morgan fingerprint density at radius 2 is 1.81 bits per heavy atom. The molecular weight excluding hydrogens is 364 g/mol. The van der Waals surface area contributed by atoms with Gasteiger partial charge in [-0.1, -0.05) is 19.9 Å². The summed E-state index contributed by atoms with van der Waals surface area (Å²) in [5, 5.41) is -0.200. The largest absolute Gasteiger partial charge is 0.493 e. The van der Waals surface area contributed by atoms with E-state index >= 15 is 0 Å². The van der Waals surface area contributed by atoms with Gasteiger partial charge < -0.3 is 14.4 Å². The van der Waals surface area contributed by atoms with Gasteiger partial charge in [-0.2, -0.15) is 0 Å². The molecule has 0 atom stereocenters. The number of carbonyl (C=O) groups is 2. The maximum Gasteiger partial charge on any atom is 0.298 e. The molecule has 1 aromatic rings. The van der Waals surface area contributed by atoms with E-state index in [-0.39, 0.29) is 11.1 Å². The van der Waals surface area contributed by atoms with E-state index in [4.69, 9.17) is 9.47 Å². The molecule has 2 rings (SSSR count). The van der Waals surface area contributed by atoms with Crippen LogP contribution >= 0.6 is 11.8 Å². The third-order valence-corrected chi connectivity index (χ3v) is 5.16. The van der Waals surface area contributed by atoms with Crippen molar-refractivity contribution in [3.8, 4) is 11.5 Å². The maximum atomic E-state index is 12.7. The number of nitrogens with zero attached hydrogens (tertiary/aromatic N) is 1. The van der Waals surface area contributed by atoms with Crippen molar-refractivity contribution in [1.82, 2.24) is 4.90 Å². The molecule has 0 unspecified atom stereocenters. The van der Waals surface area contributed by atoms with Gasteiger partial charge in [-0.15, -0.1) is 0 Å². The number of methoxy groups -OCH3 is 1. The van der Waals surface area contributed by atoms with E-state index in [2.05, 4.69) is 13.8 Å². The van der Waals surface area contributed by atoms with Crippen LogP contribution in [0.5, 0.6) is 11.5 Å². The van der Waals surface area contributed by atoms with Crippen LogP contribution in [-0.4, -0.2) is 49.5 Å². The Bertz CT molecular complexity index is 699. The van der Waals surface area contributed by atoms with E-state index in [1.165, 1.54) is 9.80 Å². The molecule has 6 nitrogen and oxygen atoms in total. The Balaban J connectivity index is 2.17. The average Bonchev–Trinajstić information content (AvgIpc) is 2.91. The van der Waals surface area contributed by atoms with Crippen molar-refractivity contribution < 1.29 is 24.0 Å². The topological polar surface area (TPSA) is 60.3 Å². The van der Waals surface area contributed by atoms with Crippen LogP contribution in [0.2, 0.25) is 0 Å². The number of benzene rings is 1. The number of hydrogen-bond donors (Lipinski definition) is 1. The Morgan fingerprint density at radius 3 is 2.41 bits per heavy atom. The van der Waals surface area contributed by atoms with Gasteiger partial charge in [-0.3, -0.25) is 9.59 Å². The number of quaternary nitrogens is 1. The van der Waals surface area contributed by atoms with Crippen LogP contribution in [0.3, 0.4) is 0 Å². The monoisotopic (exact) mass is 393 g/mol. The Labute approximate surface area is 165 Å². The Kier molecular flexibility index (Phi) is 8.19. The lowest BCUT2D eigenvalue weighted by Crippen LogP contribution is -3.13. The number of ether oxygens (including phenoxy) is 2. The summed E-state index contributed by atoms with van der Waals surface area (Å²) in [6.07, 6.45) is 3.78. The predicted molar refractivity (Wildman–Crippen MR) is 108 cm³/mol. The smallest absolute Gasteiger partial charge is 0.298 e. The first-order valence-corrected chi connectivity index (χ1v) is 10.2. The van der Waals surface area contributed by atoms with Crippen LogP contribution in [-0.2, 0) is 4.79 Å². The minimum absolute atomic E-state index is 0.200. The van der Waals surface area contributed by atoms with Crippen LogP contribution in [0.4, 0.5) is 4.79 Å². The minimum Gasteiger partial charge on any atom is -0.493 e. The van der Waals surface area contributed by atoms with E-state index in [0.29, 0.717) is 29.7 Å². The van der Waals surface area contributed by atoms with Gasteiger partial charge in [-0.25, -0.2) is 4.90 Å². The van der Waals surface area contributed by atoms with Crippen molar-refractivity contribution in [2.24, 2.45) is 0 Å². The van der Waals surface area contributed by atoms with Crippen molar-refractivity contribution in [2.75, 3.05) is 33.5 Å². The number of hydrogen-bond acceptors (Lipinski definition) is 5. The normalized spacial score (nSPS) is 15.9. The molecule has 27 heavy (non-hydrogen) atoms. The van der Waals surface area contributed by atoms with E-state index in [0.717, 1.165) is 43.3 Å². The predicted octanol–water partition coefficient (Wildman–Crippen LogP) is 2.79. The lowest BCUT2D eigenvalue weighted by Gasteiger charge is -2.22. The Morgan fingerprint density at radius 1 is 1.11 bits per heavy atom. The zero-order valence-corrected chi connectivity index (χ0v) is 17.4. The molecule has 0 bridgehead atoms. The van der Waals surface area contributed by atoms with E-state index in [1.54, 1.807) is 13.2 Å².